The highest BCUT2D eigenvalue weighted by atomic mass is 19.4. The minimum Gasteiger partial charge on any atom is -0.335 e. The van der Waals surface area contributed by atoms with Crippen LogP contribution in [0.4, 0.5) is 17.6 Å². The van der Waals surface area contributed by atoms with Crippen molar-refractivity contribution < 1.29 is 22.4 Å². The molecule has 1 saturated carbocycles. The Kier molecular flexibility index (Phi) is 7.38. The average molecular weight is 503 g/mol. The Morgan fingerprint density at radius 2 is 1.67 bits per heavy atom. The first-order valence-electron chi connectivity index (χ1n) is 13.3. The zero-order valence-corrected chi connectivity index (χ0v) is 20.6. The molecule has 0 radical (unpaired) electrons. The molecule has 194 valence electrons. The highest BCUT2D eigenvalue weighted by molar-refractivity contribution is 5.80. The maximum atomic E-state index is 14.6. The zero-order chi connectivity index (χ0) is 25.3. The van der Waals surface area contributed by atoms with Crippen LogP contribution in [0.15, 0.2) is 42.5 Å². The fraction of sp³-hybridized carbons (Fsp3) is 0.552. The zero-order valence-electron chi connectivity index (χ0n) is 20.6. The van der Waals surface area contributed by atoms with Gasteiger partial charge in [0.25, 0.3) is 0 Å². The normalized spacial score (nSPS) is 22.1. The van der Waals surface area contributed by atoms with Gasteiger partial charge in [0.2, 0.25) is 5.91 Å². The summed E-state index contributed by atoms with van der Waals surface area (Å²) in [4.78, 5) is 17.7. The Labute approximate surface area is 210 Å². The lowest BCUT2D eigenvalue weighted by atomic mass is 9.87. The van der Waals surface area contributed by atoms with Crippen LogP contribution in [-0.4, -0.2) is 41.9 Å². The van der Waals surface area contributed by atoms with Crippen LogP contribution in [0.25, 0.3) is 0 Å². The number of fused-ring (bicyclic) bond motifs is 1. The summed E-state index contributed by atoms with van der Waals surface area (Å²) in [5, 5.41) is 0. The third-order valence-electron chi connectivity index (χ3n) is 8.47. The summed E-state index contributed by atoms with van der Waals surface area (Å²) in [5.74, 6) is 0.238. The number of nitrogens with zero attached hydrogens (tertiary/aromatic N) is 2. The number of carbonyl (C=O) groups excluding carboxylic acids is 1. The first-order chi connectivity index (χ1) is 17.3. The molecule has 3 aliphatic rings. The van der Waals surface area contributed by atoms with Crippen LogP contribution in [0, 0.1) is 11.7 Å². The summed E-state index contributed by atoms with van der Waals surface area (Å²) in [6.45, 7) is 2.95. The largest absolute Gasteiger partial charge is 0.416 e. The molecule has 2 aromatic carbocycles. The molecule has 5 rings (SSSR count). The van der Waals surface area contributed by atoms with Crippen LogP contribution in [0.5, 0.6) is 0 Å². The molecule has 7 heteroatoms. The van der Waals surface area contributed by atoms with Crippen molar-refractivity contribution in [1.29, 1.82) is 0 Å². The predicted octanol–water partition coefficient (Wildman–Crippen LogP) is 6.73. The third-order valence-corrected chi connectivity index (χ3v) is 8.47. The molecular weight excluding hydrogens is 468 g/mol. The molecule has 2 aliphatic heterocycles. The van der Waals surface area contributed by atoms with E-state index in [4.69, 9.17) is 0 Å². The Hall–Kier alpha value is -2.41. The molecule has 3 nitrogen and oxygen atoms in total. The predicted molar refractivity (Wildman–Crippen MR) is 131 cm³/mol. The number of piperidine rings is 1. The number of carbonyl (C=O) groups is 1. The van der Waals surface area contributed by atoms with Gasteiger partial charge in [-0.3, -0.25) is 4.79 Å². The second-order valence-electron chi connectivity index (χ2n) is 10.6. The van der Waals surface area contributed by atoms with Gasteiger partial charge in [-0.2, -0.15) is 13.2 Å². The van der Waals surface area contributed by atoms with E-state index < -0.39 is 11.7 Å². The van der Waals surface area contributed by atoms with E-state index in [-0.39, 0.29) is 29.6 Å². The minimum atomic E-state index is -4.33. The number of amides is 1. The molecule has 2 aromatic rings. The van der Waals surface area contributed by atoms with Crippen LogP contribution in [-0.2, 0) is 17.4 Å². The van der Waals surface area contributed by atoms with Crippen molar-refractivity contribution in [3.8, 4) is 0 Å². The molecule has 0 bridgehead atoms. The summed E-state index contributed by atoms with van der Waals surface area (Å²) in [7, 11) is 0. The van der Waals surface area contributed by atoms with Gasteiger partial charge in [-0.15, -0.1) is 0 Å². The van der Waals surface area contributed by atoms with Gasteiger partial charge in [0, 0.05) is 19.0 Å². The molecule has 1 unspecified atom stereocenters. The topological polar surface area (TPSA) is 23.6 Å². The number of rotatable bonds is 5. The fourth-order valence-corrected chi connectivity index (χ4v) is 6.45. The molecule has 1 amide bonds. The Morgan fingerprint density at radius 3 is 2.39 bits per heavy atom. The van der Waals surface area contributed by atoms with Crippen LogP contribution in [0.2, 0.25) is 0 Å². The van der Waals surface area contributed by atoms with Crippen molar-refractivity contribution in [2.24, 2.45) is 5.92 Å². The number of alkyl halides is 3. The molecule has 0 spiro atoms. The van der Waals surface area contributed by atoms with Crippen molar-refractivity contribution in [2.75, 3.05) is 26.2 Å². The van der Waals surface area contributed by atoms with Gasteiger partial charge in [-0.05, 0) is 86.4 Å². The molecule has 2 fully saturated rings. The van der Waals surface area contributed by atoms with Crippen molar-refractivity contribution in [2.45, 2.75) is 69.5 Å². The van der Waals surface area contributed by atoms with E-state index in [1.807, 2.05) is 11.0 Å². The average Bonchev–Trinajstić information content (AvgIpc) is 3.42. The molecule has 0 N–H and O–H groups in total. The van der Waals surface area contributed by atoms with Crippen LogP contribution in [0.1, 0.15) is 79.2 Å². The second kappa shape index (κ2) is 10.5. The molecule has 1 aliphatic carbocycles. The second-order valence-corrected chi connectivity index (χ2v) is 10.6. The van der Waals surface area contributed by atoms with Gasteiger partial charge in [-0.25, -0.2) is 4.39 Å². The smallest absolute Gasteiger partial charge is 0.335 e. The molecule has 36 heavy (non-hydrogen) atoms. The van der Waals surface area contributed by atoms with E-state index in [9.17, 15) is 22.4 Å². The van der Waals surface area contributed by atoms with Crippen LogP contribution < -0.4 is 0 Å². The van der Waals surface area contributed by atoms with Crippen molar-refractivity contribution in [3.63, 3.8) is 0 Å². The van der Waals surface area contributed by atoms with Gasteiger partial charge in [0.05, 0.1) is 11.6 Å². The van der Waals surface area contributed by atoms with Crippen molar-refractivity contribution in [3.05, 3.63) is 70.5 Å². The Bertz CT molecular complexity index is 1070. The SMILES string of the molecule is O=C(C1CCCC1)N1CCc2c(F)cccc2C1CCN1CCC(c2cccc(C(F)(F)F)c2)CC1. The number of likely N-dealkylation sites (tertiary alicyclic amines) is 1. The van der Waals surface area contributed by atoms with Crippen molar-refractivity contribution in [1.82, 2.24) is 9.80 Å². The highest BCUT2D eigenvalue weighted by Gasteiger charge is 2.36. The van der Waals surface area contributed by atoms with E-state index in [1.165, 1.54) is 18.2 Å². The summed E-state index contributed by atoms with van der Waals surface area (Å²) < 4.78 is 54.0. The summed E-state index contributed by atoms with van der Waals surface area (Å²) in [5.41, 5.74) is 1.85. The standard InChI is InChI=1S/C29H34F4N2O/c30-26-10-4-9-25-24(26)13-18-35(28(36)21-5-1-2-6-21)27(25)14-17-34-15-11-20(12-16-34)22-7-3-8-23(19-22)29(31,32)33/h3-4,7-10,19-21,27H,1-2,5-6,11-18H2. The van der Waals surface area contributed by atoms with Crippen LogP contribution in [0.3, 0.4) is 0 Å². The van der Waals surface area contributed by atoms with E-state index >= 15 is 0 Å². The van der Waals surface area contributed by atoms with Crippen LogP contribution >= 0.6 is 0 Å². The van der Waals surface area contributed by atoms with Gasteiger partial charge < -0.3 is 9.80 Å². The minimum absolute atomic E-state index is 0.0887. The first kappa shape index (κ1) is 25.2. The number of benzene rings is 2. The number of halogens is 4. The number of hydrogen-bond donors (Lipinski definition) is 0. The number of hydrogen-bond acceptors (Lipinski definition) is 2. The van der Waals surface area contributed by atoms with E-state index in [1.54, 1.807) is 12.1 Å². The van der Waals surface area contributed by atoms with Gasteiger partial charge in [-0.1, -0.05) is 43.2 Å². The van der Waals surface area contributed by atoms with Gasteiger partial charge in [0.1, 0.15) is 5.82 Å². The summed E-state index contributed by atoms with van der Waals surface area (Å²) >= 11 is 0. The Balaban J connectivity index is 1.24. The quantitative estimate of drug-likeness (QED) is 0.423. The molecular formula is C29H34F4N2O. The van der Waals surface area contributed by atoms with E-state index in [0.29, 0.717) is 13.0 Å². The lowest BCUT2D eigenvalue weighted by molar-refractivity contribution is -0.139. The molecule has 2 heterocycles. The summed E-state index contributed by atoms with van der Waals surface area (Å²) in [6, 6.07) is 10.8. The van der Waals surface area contributed by atoms with Gasteiger partial charge >= 0.3 is 6.18 Å². The molecule has 1 atom stereocenters. The van der Waals surface area contributed by atoms with Gasteiger partial charge in [0.15, 0.2) is 0 Å². The maximum Gasteiger partial charge on any atom is 0.416 e. The highest BCUT2D eigenvalue weighted by Crippen LogP contribution is 2.38. The first-order valence-corrected chi connectivity index (χ1v) is 13.3. The lowest BCUT2D eigenvalue weighted by Crippen LogP contribution is -2.44. The summed E-state index contributed by atoms with van der Waals surface area (Å²) in [6.07, 6.45) is 2.67. The van der Waals surface area contributed by atoms with E-state index in [2.05, 4.69) is 4.90 Å². The third kappa shape index (κ3) is 5.31. The molecule has 1 saturated heterocycles. The fourth-order valence-electron chi connectivity index (χ4n) is 6.45. The van der Waals surface area contributed by atoms with Crippen molar-refractivity contribution >= 4 is 5.91 Å². The Morgan fingerprint density at radius 1 is 0.944 bits per heavy atom. The molecule has 0 aromatic heterocycles. The lowest BCUT2D eigenvalue weighted by Gasteiger charge is -2.40. The maximum absolute atomic E-state index is 14.6. The van der Waals surface area contributed by atoms with E-state index in [0.717, 1.165) is 87.3 Å². The monoisotopic (exact) mass is 502 g/mol.